The van der Waals surface area contributed by atoms with Gasteiger partial charge in [-0.3, -0.25) is 4.79 Å². The zero-order chi connectivity index (χ0) is 14.0. The molecule has 0 atom stereocenters. The van der Waals surface area contributed by atoms with E-state index in [0.29, 0.717) is 11.0 Å². The fourth-order valence-corrected chi connectivity index (χ4v) is 2.26. The minimum atomic E-state index is -0.456. The summed E-state index contributed by atoms with van der Waals surface area (Å²) in [6.45, 7) is 1.84. The van der Waals surface area contributed by atoms with Gasteiger partial charge in [0.1, 0.15) is 5.82 Å². The van der Waals surface area contributed by atoms with Gasteiger partial charge < -0.3 is 15.6 Å². The molecule has 1 amide bonds. The molecule has 2 aromatic heterocycles. The summed E-state index contributed by atoms with van der Waals surface area (Å²) in [4.78, 5) is 19.2. The third kappa shape index (κ3) is 2.79. The van der Waals surface area contributed by atoms with E-state index in [9.17, 15) is 4.79 Å². The van der Waals surface area contributed by atoms with Crippen molar-refractivity contribution in [2.24, 2.45) is 11.1 Å². The lowest BCUT2D eigenvalue weighted by molar-refractivity contribution is 0.1000. The molecule has 1 saturated carbocycles. The van der Waals surface area contributed by atoms with Gasteiger partial charge in [0.2, 0.25) is 5.91 Å². The Balaban J connectivity index is 1.57. The van der Waals surface area contributed by atoms with E-state index in [4.69, 9.17) is 5.73 Å². The summed E-state index contributed by atoms with van der Waals surface area (Å²) in [6, 6.07) is 3.47. The summed E-state index contributed by atoms with van der Waals surface area (Å²) < 4.78 is 2.11. The number of rotatable bonds is 6. The van der Waals surface area contributed by atoms with Gasteiger partial charge >= 0.3 is 0 Å². The predicted octanol–water partition coefficient (Wildman–Crippen LogP) is 1.27. The number of nitrogens with one attached hydrogen (secondary N) is 1. The van der Waals surface area contributed by atoms with Crippen LogP contribution in [0.3, 0.4) is 0 Å². The van der Waals surface area contributed by atoms with Crippen LogP contribution in [0.2, 0.25) is 0 Å². The zero-order valence-corrected chi connectivity index (χ0v) is 11.1. The van der Waals surface area contributed by atoms with E-state index in [1.807, 2.05) is 12.5 Å². The van der Waals surface area contributed by atoms with Crippen molar-refractivity contribution in [1.29, 1.82) is 0 Å². The highest BCUT2D eigenvalue weighted by atomic mass is 16.1. The summed E-state index contributed by atoms with van der Waals surface area (Å²) in [5.74, 6) is 0.315. The number of amides is 1. The van der Waals surface area contributed by atoms with E-state index in [1.165, 1.54) is 19.0 Å². The number of anilines is 1. The first-order chi connectivity index (χ1) is 9.67. The second-order valence-corrected chi connectivity index (χ2v) is 5.38. The number of imidazole rings is 1. The molecule has 2 heterocycles. The molecule has 0 aliphatic heterocycles. The first-order valence-corrected chi connectivity index (χ1v) is 6.62. The first kappa shape index (κ1) is 12.7. The molecule has 0 unspecified atom stereocenters. The van der Waals surface area contributed by atoms with Crippen LogP contribution in [0.25, 0.3) is 0 Å². The van der Waals surface area contributed by atoms with Crippen molar-refractivity contribution < 1.29 is 4.79 Å². The van der Waals surface area contributed by atoms with Crippen molar-refractivity contribution in [3.8, 4) is 0 Å². The molecule has 1 aliphatic carbocycles. The molecule has 2 aromatic rings. The Hall–Kier alpha value is -2.37. The van der Waals surface area contributed by atoms with Crippen LogP contribution in [0, 0.1) is 5.41 Å². The number of aromatic nitrogens is 3. The van der Waals surface area contributed by atoms with E-state index in [1.54, 1.807) is 18.3 Å². The van der Waals surface area contributed by atoms with Gasteiger partial charge in [-0.15, -0.1) is 0 Å². The van der Waals surface area contributed by atoms with Gasteiger partial charge in [-0.05, 0) is 25.0 Å². The van der Waals surface area contributed by atoms with Crippen LogP contribution < -0.4 is 11.1 Å². The summed E-state index contributed by atoms with van der Waals surface area (Å²) >= 11 is 0. The highest BCUT2D eigenvalue weighted by molar-refractivity contribution is 5.92. The van der Waals surface area contributed by atoms with Crippen molar-refractivity contribution in [2.75, 3.05) is 11.9 Å². The number of carbonyl (C=O) groups excluding carboxylic acids is 1. The molecule has 6 heteroatoms. The second kappa shape index (κ2) is 4.96. The summed E-state index contributed by atoms with van der Waals surface area (Å²) in [5, 5.41) is 3.33. The zero-order valence-electron chi connectivity index (χ0n) is 11.1. The number of primary amides is 1. The SMILES string of the molecule is NC(=O)c1ccc(NCC2(Cn3ccnc3)CC2)nc1. The normalized spacial score (nSPS) is 15.8. The number of carbonyl (C=O) groups is 1. The largest absolute Gasteiger partial charge is 0.369 e. The number of nitrogens with zero attached hydrogens (tertiary/aromatic N) is 3. The number of nitrogens with two attached hydrogens (primary N) is 1. The van der Waals surface area contributed by atoms with Crippen molar-refractivity contribution >= 4 is 11.7 Å². The Morgan fingerprint density at radius 2 is 2.30 bits per heavy atom. The first-order valence-electron chi connectivity index (χ1n) is 6.62. The molecule has 0 radical (unpaired) electrons. The molecule has 1 aliphatic rings. The van der Waals surface area contributed by atoms with E-state index in [2.05, 4.69) is 19.9 Å². The molecule has 1 fully saturated rings. The van der Waals surface area contributed by atoms with Crippen molar-refractivity contribution in [3.63, 3.8) is 0 Å². The number of hydrogen-bond acceptors (Lipinski definition) is 4. The fourth-order valence-electron chi connectivity index (χ4n) is 2.26. The minimum absolute atomic E-state index is 0.296. The van der Waals surface area contributed by atoms with Gasteiger partial charge in [0.25, 0.3) is 0 Å². The topological polar surface area (TPSA) is 85.8 Å². The van der Waals surface area contributed by atoms with Crippen molar-refractivity contribution in [2.45, 2.75) is 19.4 Å². The maximum atomic E-state index is 11.0. The third-order valence-corrected chi connectivity index (χ3v) is 3.73. The molecule has 0 bridgehead atoms. The molecule has 104 valence electrons. The Labute approximate surface area is 117 Å². The molecule has 3 rings (SSSR count). The average molecular weight is 271 g/mol. The smallest absolute Gasteiger partial charge is 0.250 e. The van der Waals surface area contributed by atoms with Gasteiger partial charge in [-0.2, -0.15) is 0 Å². The van der Waals surface area contributed by atoms with Crippen LogP contribution in [0.1, 0.15) is 23.2 Å². The monoisotopic (exact) mass is 271 g/mol. The maximum Gasteiger partial charge on any atom is 0.250 e. The summed E-state index contributed by atoms with van der Waals surface area (Å²) in [6.07, 6.45) is 9.54. The minimum Gasteiger partial charge on any atom is -0.369 e. The third-order valence-electron chi connectivity index (χ3n) is 3.73. The van der Waals surface area contributed by atoms with Gasteiger partial charge in [0.05, 0.1) is 11.9 Å². The quantitative estimate of drug-likeness (QED) is 0.828. The van der Waals surface area contributed by atoms with E-state index < -0.39 is 5.91 Å². The Morgan fingerprint density at radius 3 is 2.85 bits per heavy atom. The fraction of sp³-hybridized carbons (Fsp3) is 0.357. The van der Waals surface area contributed by atoms with Crippen molar-refractivity contribution in [1.82, 2.24) is 14.5 Å². The van der Waals surface area contributed by atoms with Crippen molar-refractivity contribution in [3.05, 3.63) is 42.6 Å². The standard InChI is InChI=1S/C14H17N5O/c15-13(20)11-1-2-12(17-7-11)18-8-14(3-4-14)9-19-6-5-16-10-19/h1-2,5-7,10H,3-4,8-9H2,(H2,15,20)(H,17,18). The predicted molar refractivity (Wildman–Crippen MR) is 75.1 cm³/mol. The molecule has 0 aromatic carbocycles. The van der Waals surface area contributed by atoms with Gasteiger partial charge in [-0.1, -0.05) is 0 Å². The Morgan fingerprint density at radius 1 is 1.45 bits per heavy atom. The van der Waals surface area contributed by atoms with Crippen LogP contribution in [0.15, 0.2) is 37.1 Å². The van der Waals surface area contributed by atoms with E-state index >= 15 is 0 Å². The Bertz CT molecular complexity index is 587. The van der Waals surface area contributed by atoms with Crippen LogP contribution in [-0.2, 0) is 6.54 Å². The van der Waals surface area contributed by atoms with Crippen LogP contribution >= 0.6 is 0 Å². The van der Waals surface area contributed by atoms with E-state index in [0.717, 1.165) is 18.9 Å². The lowest BCUT2D eigenvalue weighted by atomic mass is 10.1. The van der Waals surface area contributed by atoms with Crippen LogP contribution in [-0.4, -0.2) is 27.0 Å². The molecular formula is C14H17N5O. The highest BCUT2D eigenvalue weighted by Gasteiger charge is 2.42. The molecular weight excluding hydrogens is 254 g/mol. The summed E-state index contributed by atoms with van der Waals surface area (Å²) in [5.41, 5.74) is 5.91. The molecule has 20 heavy (non-hydrogen) atoms. The molecule has 3 N–H and O–H groups in total. The maximum absolute atomic E-state index is 11.0. The van der Waals surface area contributed by atoms with Crippen LogP contribution in [0.5, 0.6) is 0 Å². The lowest BCUT2D eigenvalue weighted by Gasteiger charge is -2.17. The Kier molecular flexibility index (Phi) is 3.14. The average Bonchev–Trinajstić information content (AvgIpc) is 3.01. The lowest BCUT2D eigenvalue weighted by Crippen LogP contribution is -2.21. The van der Waals surface area contributed by atoms with E-state index in [-0.39, 0.29) is 0 Å². The summed E-state index contributed by atoms with van der Waals surface area (Å²) in [7, 11) is 0. The molecule has 0 saturated heterocycles. The van der Waals surface area contributed by atoms with Gasteiger partial charge in [0, 0.05) is 37.1 Å². The van der Waals surface area contributed by atoms with Crippen LogP contribution in [0.4, 0.5) is 5.82 Å². The molecule has 0 spiro atoms. The number of hydrogen-bond donors (Lipinski definition) is 2. The van der Waals surface area contributed by atoms with Gasteiger partial charge in [0.15, 0.2) is 0 Å². The number of pyridine rings is 1. The second-order valence-electron chi connectivity index (χ2n) is 5.38. The highest BCUT2D eigenvalue weighted by Crippen LogP contribution is 2.47. The molecule has 6 nitrogen and oxygen atoms in total. The van der Waals surface area contributed by atoms with Gasteiger partial charge in [-0.25, -0.2) is 9.97 Å².